The van der Waals surface area contributed by atoms with Gasteiger partial charge in [-0.1, -0.05) is 18.9 Å². The Kier molecular flexibility index (Phi) is 4.56. The van der Waals surface area contributed by atoms with Crippen LogP contribution in [0.25, 0.3) is 6.08 Å². The number of carbonyl (C=O) groups excluding carboxylic acids is 1. The Morgan fingerprint density at radius 3 is 2.75 bits per heavy atom. The van der Waals surface area contributed by atoms with Gasteiger partial charge >= 0.3 is 5.97 Å². The summed E-state index contributed by atoms with van der Waals surface area (Å²) < 4.78 is 0. The highest BCUT2D eigenvalue weighted by molar-refractivity contribution is 5.95. The number of carbonyl (C=O) groups is 2. The van der Waals surface area contributed by atoms with Gasteiger partial charge in [-0.2, -0.15) is 0 Å². The highest BCUT2D eigenvalue weighted by atomic mass is 16.4. The minimum absolute atomic E-state index is 0.0671. The van der Waals surface area contributed by atoms with Gasteiger partial charge in [-0.15, -0.1) is 0 Å². The van der Waals surface area contributed by atoms with Crippen molar-refractivity contribution >= 4 is 18.0 Å². The topological polar surface area (TPSA) is 66.4 Å². The number of amides is 1. The molecule has 1 aliphatic rings. The molecule has 20 heavy (non-hydrogen) atoms. The molecule has 1 aromatic carbocycles. The maximum atomic E-state index is 12.0. The smallest absolute Gasteiger partial charge is 0.328 e. The number of hydrogen-bond donors (Lipinski definition) is 2. The molecule has 0 saturated heterocycles. The summed E-state index contributed by atoms with van der Waals surface area (Å²) in [5.41, 5.74) is 2.31. The zero-order valence-electron chi connectivity index (χ0n) is 11.6. The fraction of sp³-hybridized carbons (Fsp3) is 0.375. The average molecular weight is 273 g/mol. The zero-order chi connectivity index (χ0) is 14.5. The summed E-state index contributed by atoms with van der Waals surface area (Å²) in [4.78, 5) is 22.4. The Hall–Kier alpha value is -2.10. The number of aryl methyl sites for hydroxylation is 1. The lowest BCUT2D eigenvalue weighted by Gasteiger charge is -2.07. The van der Waals surface area contributed by atoms with Gasteiger partial charge in [0.25, 0.3) is 5.91 Å². The predicted octanol–water partition coefficient (Wildman–Crippen LogP) is 2.62. The van der Waals surface area contributed by atoms with Crippen LogP contribution in [0.4, 0.5) is 0 Å². The minimum atomic E-state index is -0.980. The van der Waals surface area contributed by atoms with Gasteiger partial charge in [0.15, 0.2) is 0 Å². The van der Waals surface area contributed by atoms with Gasteiger partial charge in [0.2, 0.25) is 0 Å². The van der Waals surface area contributed by atoms with Crippen molar-refractivity contribution in [2.45, 2.75) is 26.2 Å². The molecule has 0 heterocycles. The van der Waals surface area contributed by atoms with E-state index in [1.807, 2.05) is 6.92 Å². The van der Waals surface area contributed by atoms with E-state index in [-0.39, 0.29) is 5.91 Å². The molecular weight excluding hydrogens is 254 g/mol. The molecule has 0 radical (unpaired) electrons. The molecule has 106 valence electrons. The van der Waals surface area contributed by atoms with Crippen molar-refractivity contribution in [1.82, 2.24) is 5.32 Å². The second-order valence-electron chi connectivity index (χ2n) is 5.23. The van der Waals surface area contributed by atoms with Crippen molar-refractivity contribution in [3.05, 3.63) is 41.0 Å². The lowest BCUT2D eigenvalue weighted by Crippen LogP contribution is -2.24. The number of carboxylic acid groups (broad SMARTS) is 1. The Morgan fingerprint density at radius 2 is 2.15 bits per heavy atom. The van der Waals surface area contributed by atoms with Gasteiger partial charge < -0.3 is 10.4 Å². The van der Waals surface area contributed by atoms with Crippen molar-refractivity contribution in [2.75, 3.05) is 6.54 Å². The largest absolute Gasteiger partial charge is 0.478 e. The Morgan fingerprint density at radius 1 is 1.40 bits per heavy atom. The van der Waals surface area contributed by atoms with E-state index in [0.717, 1.165) is 36.1 Å². The summed E-state index contributed by atoms with van der Waals surface area (Å²) >= 11 is 0. The van der Waals surface area contributed by atoms with Crippen LogP contribution in [0.1, 0.15) is 40.7 Å². The van der Waals surface area contributed by atoms with Crippen molar-refractivity contribution in [2.24, 2.45) is 5.92 Å². The van der Waals surface area contributed by atoms with Crippen LogP contribution in [0.15, 0.2) is 24.3 Å². The van der Waals surface area contributed by atoms with E-state index in [0.29, 0.717) is 5.56 Å². The van der Waals surface area contributed by atoms with E-state index in [9.17, 15) is 9.59 Å². The van der Waals surface area contributed by atoms with Gasteiger partial charge in [-0.05, 0) is 48.6 Å². The number of rotatable bonds is 6. The normalized spacial score (nSPS) is 14.4. The molecule has 4 nitrogen and oxygen atoms in total. The summed E-state index contributed by atoms with van der Waals surface area (Å²) in [6, 6.07) is 5.28. The quantitative estimate of drug-likeness (QED) is 0.783. The molecule has 1 aromatic rings. The van der Waals surface area contributed by atoms with Crippen LogP contribution in [0.3, 0.4) is 0 Å². The first-order chi connectivity index (χ1) is 9.56. The highest BCUT2D eigenvalue weighted by Gasteiger charge is 2.20. The fourth-order valence-electron chi connectivity index (χ4n) is 2.06. The van der Waals surface area contributed by atoms with E-state index >= 15 is 0 Å². The maximum absolute atomic E-state index is 12.0. The van der Waals surface area contributed by atoms with Crippen LogP contribution in [-0.4, -0.2) is 23.5 Å². The molecule has 2 rings (SSSR count). The Labute approximate surface area is 118 Å². The predicted molar refractivity (Wildman–Crippen MR) is 77.5 cm³/mol. The summed E-state index contributed by atoms with van der Waals surface area (Å²) in [5.74, 6) is -0.241. The molecule has 0 bridgehead atoms. The van der Waals surface area contributed by atoms with E-state index in [1.54, 1.807) is 18.2 Å². The summed E-state index contributed by atoms with van der Waals surface area (Å²) in [7, 11) is 0. The van der Waals surface area contributed by atoms with Crippen LogP contribution >= 0.6 is 0 Å². The maximum Gasteiger partial charge on any atom is 0.328 e. The van der Waals surface area contributed by atoms with Crippen LogP contribution in [0.5, 0.6) is 0 Å². The zero-order valence-corrected chi connectivity index (χ0v) is 11.6. The SMILES string of the molecule is Cc1cc(C(=O)NCCC2CC2)ccc1/C=C/C(=O)O. The third-order valence-corrected chi connectivity index (χ3v) is 3.47. The number of hydrogen-bond acceptors (Lipinski definition) is 2. The van der Waals surface area contributed by atoms with Crippen molar-refractivity contribution in [1.29, 1.82) is 0 Å². The molecule has 1 amide bonds. The first-order valence-corrected chi connectivity index (χ1v) is 6.86. The number of carboxylic acids is 1. The first kappa shape index (κ1) is 14.3. The van der Waals surface area contributed by atoms with E-state index in [1.165, 1.54) is 18.9 Å². The summed E-state index contributed by atoms with van der Waals surface area (Å²) in [6.07, 6.45) is 6.27. The number of aliphatic carboxylic acids is 1. The lowest BCUT2D eigenvalue weighted by atomic mass is 10.0. The molecule has 0 aromatic heterocycles. The number of nitrogens with one attached hydrogen (secondary N) is 1. The fourth-order valence-corrected chi connectivity index (χ4v) is 2.06. The third kappa shape index (κ3) is 4.23. The summed E-state index contributed by atoms with van der Waals surface area (Å²) in [5, 5.41) is 11.5. The van der Waals surface area contributed by atoms with Gasteiger partial charge in [-0.25, -0.2) is 4.79 Å². The van der Waals surface area contributed by atoms with E-state index in [4.69, 9.17) is 5.11 Å². The molecule has 2 N–H and O–H groups in total. The van der Waals surface area contributed by atoms with E-state index in [2.05, 4.69) is 5.32 Å². The standard InChI is InChI=1S/C16H19NO3/c1-11-10-14(5-4-13(11)6-7-15(18)19)16(20)17-9-8-12-2-3-12/h4-7,10,12H,2-3,8-9H2,1H3,(H,17,20)(H,18,19)/b7-6+. The third-order valence-electron chi connectivity index (χ3n) is 3.47. The second kappa shape index (κ2) is 6.37. The Balaban J connectivity index is 1.96. The molecule has 1 saturated carbocycles. The van der Waals surface area contributed by atoms with Crippen LogP contribution < -0.4 is 5.32 Å². The minimum Gasteiger partial charge on any atom is -0.478 e. The van der Waals surface area contributed by atoms with Gasteiger partial charge in [-0.3, -0.25) is 4.79 Å². The van der Waals surface area contributed by atoms with Crippen LogP contribution in [0.2, 0.25) is 0 Å². The first-order valence-electron chi connectivity index (χ1n) is 6.86. The van der Waals surface area contributed by atoms with Gasteiger partial charge in [0, 0.05) is 18.2 Å². The summed E-state index contributed by atoms with van der Waals surface area (Å²) in [6.45, 7) is 2.59. The van der Waals surface area contributed by atoms with E-state index < -0.39 is 5.97 Å². The molecular formula is C16H19NO3. The van der Waals surface area contributed by atoms with Crippen molar-refractivity contribution in [3.8, 4) is 0 Å². The highest BCUT2D eigenvalue weighted by Crippen LogP contribution is 2.31. The van der Waals surface area contributed by atoms with Gasteiger partial charge in [0.05, 0.1) is 0 Å². The van der Waals surface area contributed by atoms with Crippen molar-refractivity contribution in [3.63, 3.8) is 0 Å². The van der Waals surface area contributed by atoms with Crippen LogP contribution in [-0.2, 0) is 4.79 Å². The Bertz CT molecular complexity index is 545. The molecule has 4 heteroatoms. The average Bonchev–Trinajstić information content (AvgIpc) is 3.21. The molecule has 1 aliphatic carbocycles. The van der Waals surface area contributed by atoms with Crippen LogP contribution in [0, 0.1) is 12.8 Å². The van der Waals surface area contributed by atoms with Gasteiger partial charge in [0.1, 0.15) is 0 Å². The lowest BCUT2D eigenvalue weighted by molar-refractivity contribution is -0.131. The number of benzene rings is 1. The molecule has 0 spiro atoms. The molecule has 1 fully saturated rings. The molecule has 0 unspecified atom stereocenters. The second-order valence-corrected chi connectivity index (χ2v) is 5.23. The molecule has 0 aliphatic heterocycles. The van der Waals surface area contributed by atoms with Crippen molar-refractivity contribution < 1.29 is 14.7 Å². The molecule has 0 atom stereocenters. The monoisotopic (exact) mass is 273 g/mol.